The highest BCUT2D eigenvalue weighted by Gasteiger charge is 2.12. The highest BCUT2D eigenvalue weighted by atomic mass is 16.5. The summed E-state index contributed by atoms with van der Waals surface area (Å²) in [6, 6.07) is 13.0. The van der Waals surface area contributed by atoms with E-state index in [1.54, 1.807) is 27.4 Å². The first-order chi connectivity index (χ1) is 16.0. The van der Waals surface area contributed by atoms with Gasteiger partial charge in [-0.25, -0.2) is 9.67 Å². The molecule has 1 amide bonds. The number of methoxy groups -OCH3 is 2. The monoisotopic (exact) mass is 447 g/mol. The Hall–Kier alpha value is -4.14. The van der Waals surface area contributed by atoms with Gasteiger partial charge in [0.1, 0.15) is 23.2 Å². The molecule has 4 aromatic rings. The molecule has 0 unspecified atom stereocenters. The summed E-state index contributed by atoms with van der Waals surface area (Å²) in [6.07, 6.45) is 3.05. The number of aromatic nitrogens is 4. The Morgan fingerprint density at radius 3 is 2.42 bits per heavy atom. The van der Waals surface area contributed by atoms with E-state index >= 15 is 0 Å². The van der Waals surface area contributed by atoms with Crippen LogP contribution >= 0.6 is 0 Å². The van der Waals surface area contributed by atoms with Crippen molar-refractivity contribution in [3.05, 3.63) is 82.0 Å². The van der Waals surface area contributed by atoms with Crippen LogP contribution in [0.25, 0.3) is 11.0 Å². The maximum Gasteiger partial charge on any atom is 0.264 e. The van der Waals surface area contributed by atoms with E-state index in [9.17, 15) is 9.59 Å². The second-order valence-electron chi connectivity index (χ2n) is 7.63. The molecule has 9 nitrogen and oxygen atoms in total. The Bertz CT molecular complexity index is 1320. The topological polar surface area (TPSA) is 100 Å². The van der Waals surface area contributed by atoms with Gasteiger partial charge in [0, 0.05) is 18.2 Å². The van der Waals surface area contributed by atoms with Gasteiger partial charge >= 0.3 is 0 Å². The molecule has 0 aliphatic heterocycles. The number of carbonyl (C=O) groups is 1. The largest absolute Gasteiger partial charge is 0.497 e. The van der Waals surface area contributed by atoms with Crippen LogP contribution in [0.2, 0.25) is 0 Å². The minimum atomic E-state index is -0.267. The summed E-state index contributed by atoms with van der Waals surface area (Å²) in [6.45, 7) is 3.13. The van der Waals surface area contributed by atoms with Crippen LogP contribution in [0.1, 0.15) is 21.5 Å². The van der Waals surface area contributed by atoms with Gasteiger partial charge in [0.15, 0.2) is 5.65 Å². The number of benzene rings is 2. The molecule has 0 spiro atoms. The zero-order valence-corrected chi connectivity index (χ0v) is 18.7. The standard InChI is InChI=1S/C24H25N5O4/c1-16-4-6-17(7-5-16)14-28-15-26-22-21(24(28)31)13-27-29(22)9-8-25-23(30)18-10-19(32-2)12-20(11-18)33-3/h4-7,10-13,15H,8-9,14H2,1-3H3,(H,25,30). The van der Waals surface area contributed by atoms with Crippen LogP contribution in [0.4, 0.5) is 0 Å². The van der Waals surface area contributed by atoms with Crippen LogP contribution in [0, 0.1) is 6.92 Å². The molecular formula is C24H25N5O4. The lowest BCUT2D eigenvalue weighted by Crippen LogP contribution is -2.28. The van der Waals surface area contributed by atoms with E-state index in [2.05, 4.69) is 15.4 Å². The number of aryl methyl sites for hydroxylation is 1. The third-order valence-electron chi connectivity index (χ3n) is 5.32. The molecule has 1 N–H and O–H groups in total. The fourth-order valence-corrected chi connectivity index (χ4v) is 3.48. The first-order valence-corrected chi connectivity index (χ1v) is 10.5. The highest BCUT2D eigenvalue weighted by molar-refractivity contribution is 5.95. The van der Waals surface area contributed by atoms with Crippen molar-refractivity contribution in [2.45, 2.75) is 20.0 Å². The van der Waals surface area contributed by atoms with Gasteiger partial charge in [-0.05, 0) is 24.6 Å². The smallest absolute Gasteiger partial charge is 0.264 e. The predicted octanol–water partition coefficient (Wildman–Crippen LogP) is 2.40. The van der Waals surface area contributed by atoms with Crippen LogP contribution in [-0.4, -0.2) is 46.0 Å². The third-order valence-corrected chi connectivity index (χ3v) is 5.32. The summed E-state index contributed by atoms with van der Waals surface area (Å²) in [5.41, 5.74) is 2.94. The summed E-state index contributed by atoms with van der Waals surface area (Å²) in [7, 11) is 3.06. The van der Waals surface area contributed by atoms with Crippen molar-refractivity contribution in [2.75, 3.05) is 20.8 Å². The van der Waals surface area contributed by atoms with Crippen molar-refractivity contribution in [1.82, 2.24) is 24.6 Å². The van der Waals surface area contributed by atoms with Crippen molar-refractivity contribution < 1.29 is 14.3 Å². The maximum absolute atomic E-state index is 12.9. The van der Waals surface area contributed by atoms with Crippen LogP contribution in [-0.2, 0) is 13.1 Å². The lowest BCUT2D eigenvalue weighted by molar-refractivity contribution is 0.0951. The molecule has 4 rings (SSSR count). The van der Waals surface area contributed by atoms with Gasteiger partial charge in [-0.2, -0.15) is 5.10 Å². The molecular weight excluding hydrogens is 422 g/mol. The van der Waals surface area contributed by atoms with Crippen molar-refractivity contribution >= 4 is 16.9 Å². The SMILES string of the molecule is COc1cc(OC)cc(C(=O)NCCn2ncc3c(=O)n(Cc4ccc(C)cc4)cnc32)c1. The van der Waals surface area contributed by atoms with Gasteiger partial charge in [0.25, 0.3) is 11.5 Å². The Labute approximate surface area is 190 Å². The first kappa shape index (κ1) is 22.1. The number of fused-ring (bicyclic) bond motifs is 1. The molecule has 0 radical (unpaired) electrons. The Morgan fingerprint density at radius 1 is 1.06 bits per heavy atom. The highest BCUT2D eigenvalue weighted by Crippen LogP contribution is 2.22. The van der Waals surface area contributed by atoms with Crippen molar-refractivity contribution in [3.63, 3.8) is 0 Å². The van der Waals surface area contributed by atoms with Crippen LogP contribution in [0.5, 0.6) is 11.5 Å². The summed E-state index contributed by atoms with van der Waals surface area (Å²) >= 11 is 0. The lowest BCUT2D eigenvalue weighted by Gasteiger charge is -2.10. The van der Waals surface area contributed by atoms with E-state index in [1.165, 1.54) is 32.3 Å². The minimum Gasteiger partial charge on any atom is -0.497 e. The predicted molar refractivity (Wildman–Crippen MR) is 124 cm³/mol. The number of carbonyl (C=O) groups excluding carboxylic acids is 1. The van der Waals surface area contributed by atoms with E-state index < -0.39 is 0 Å². The summed E-state index contributed by atoms with van der Waals surface area (Å²) in [4.78, 5) is 29.9. The molecule has 170 valence electrons. The molecule has 9 heteroatoms. The normalized spacial score (nSPS) is 10.9. The number of nitrogens with zero attached hydrogens (tertiary/aromatic N) is 4. The number of ether oxygens (including phenoxy) is 2. The number of hydrogen-bond acceptors (Lipinski definition) is 6. The summed E-state index contributed by atoms with van der Waals surface area (Å²) < 4.78 is 13.6. The average Bonchev–Trinajstić information content (AvgIpc) is 3.25. The van der Waals surface area contributed by atoms with E-state index in [1.807, 2.05) is 31.2 Å². The van der Waals surface area contributed by atoms with E-state index in [4.69, 9.17) is 9.47 Å². The van der Waals surface area contributed by atoms with Crippen LogP contribution < -0.4 is 20.3 Å². The van der Waals surface area contributed by atoms with Crippen LogP contribution in [0.3, 0.4) is 0 Å². The minimum absolute atomic E-state index is 0.153. The maximum atomic E-state index is 12.9. The fraction of sp³-hybridized carbons (Fsp3) is 0.250. The fourth-order valence-electron chi connectivity index (χ4n) is 3.48. The molecule has 0 aliphatic carbocycles. The number of hydrogen-bond donors (Lipinski definition) is 1. The van der Waals surface area contributed by atoms with Gasteiger partial charge in [0.05, 0.1) is 33.5 Å². The Balaban J connectivity index is 1.44. The summed E-state index contributed by atoms with van der Waals surface area (Å²) in [5, 5.41) is 7.57. The van der Waals surface area contributed by atoms with E-state index in [0.29, 0.717) is 47.7 Å². The molecule has 0 aliphatic rings. The van der Waals surface area contributed by atoms with Crippen molar-refractivity contribution in [2.24, 2.45) is 0 Å². The first-order valence-electron chi connectivity index (χ1n) is 10.5. The van der Waals surface area contributed by atoms with Crippen molar-refractivity contribution in [1.29, 1.82) is 0 Å². The number of rotatable bonds is 8. The third kappa shape index (κ3) is 4.87. The second kappa shape index (κ2) is 9.56. The molecule has 33 heavy (non-hydrogen) atoms. The molecule has 2 aromatic heterocycles. The molecule has 0 bridgehead atoms. The number of nitrogens with one attached hydrogen (secondary N) is 1. The average molecular weight is 447 g/mol. The van der Waals surface area contributed by atoms with Gasteiger partial charge in [-0.15, -0.1) is 0 Å². The molecule has 0 fully saturated rings. The van der Waals surface area contributed by atoms with Crippen LogP contribution in [0.15, 0.2) is 59.8 Å². The van der Waals surface area contributed by atoms with E-state index in [0.717, 1.165) is 5.56 Å². The zero-order valence-electron chi connectivity index (χ0n) is 18.7. The zero-order chi connectivity index (χ0) is 23.4. The lowest BCUT2D eigenvalue weighted by atomic mass is 10.1. The van der Waals surface area contributed by atoms with Gasteiger partial charge in [-0.3, -0.25) is 14.2 Å². The quantitative estimate of drug-likeness (QED) is 0.445. The van der Waals surface area contributed by atoms with E-state index in [-0.39, 0.29) is 11.5 Å². The second-order valence-corrected chi connectivity index (χ2v) is 7.63. The summed E-state index contributed by atoms with van der Waals surface area (Å²) in [5.74, 6) is 0.796. The molecule has 0 atom stereocenters. The molecule has 0 saturated carbocycles. The molecule has 2 heterocycles. The van der Waals surface area contributed by atoms with Gasteiger partial charge < -0.3 is 14.8 Å². The Kier molecular flexibility index (Phi) is 6.39. The molecule has 0 saturated heterocycles. The van der Waals surface area contributed by atoms with Crippen molar-refractivity contribution in [3.8, 4) is 11.5 Å². The number of amides is 1. The molecule has 2 aromatic carbocycles. The van der Waals surface area contributed by atoms with Gasteiger partial charge in [-0.1, -0.05) is 29.8 Å². The Morgan fingerprint density at radius 2 is 1.76 bits per heavy atom. The van der Waals surface area contributed by atoms with Gasteiger partial charge in [0.2, 0.25) is 0 Å².